The molecule has 1 aromatic rings. The third-order valence-electron chi connectivity index (χ3n) is 3.45. The number of nitrogens with one attached hydrogen (secondary N) is 2. The molecule has 1 aromatic heterocycles. The van der Waals surface area contributed by atoms with E-state index < -0.39 is 0 Å². The van der Waals surface area contributed by atoms with Gasteiger partial charge in [0, 0.05) is 29.3 Å². The van der Waals surface area contributed by atoms with Crippen molar-refractivity contribution in [3.8, 4) is 0 Å². The summed E-state index contributed by atoms with van der Waals surface area (Å²) in [5.41, 5.74) is 1.01. The first kappa shape index (κ1) is 12.8. The van der Waals surface area contributed by atoms with E-state index in [1.165, 1.54) is 6.42 Å². The molecule has 6 heteroatoms. The number of carbonyl (C=O) groups excluding carboxylic acids is 1. The number of thioether (sulfide) groups is 1. The Kier molecular flexibility index (Phi) is 3.68. The van der Waals surface area contributed by atoms with Gasteiger partial charge in [0.1, 0.15) is 6.54 Å². The molecule has 3 rings (SSSR count). The second-order valence-corrected chi connectivity index (χ2v) is 6.96. The van der Waals surface area contributed by atoms with E-state index in [-0.39, 0.29) is 5.91 Å². The van der Waals surface area contributed by atoms with Gasteiger partial charge in [-0.25, -0.2) is 0 Å². The molecule has 2 N–H and O–H groups in total. The van der Waals surface area contributed by atoms with Gasteiger partial charge in [0.15, 0.2) is 0 Å². The fourth-order valence-electron chi connectivity index (χ4n) is 2.33. The molecule has 1 aliphatic heterocycles. The summed E-state index contributed by atoms with van der Waals surface area (Å²) in [6.45, 7) is 2.58. The van der Waals surface area contributed by atoms with E-state index in [0.29, 0.717) is 18.6 Å². The highest BCUT2D eigenvalue weighted by molar-refractivity contribution is 8.00. The Morgan fingerprint density at radius 2 is 2.37 bits per heavy atom. The van der Waals surface area contributed by atoms with Crippen molar-refractivity contribution in [2.75, 3.05) is 11.1 Å². The van der Waals surface area contributed by atoms with Crippen LogP contribution in [-0.4, -0.2) is 38.8 Å². The van der Waals surface area contributed by atoms with Crippen LogP contribution in [-0.2, 0) is 11.3 Å². The predicted molar refractivity (Wildman–Crippen MR) is 77.3 cm³/mol. The Labute approximate surface area is 117 Å². The first-order valence-corrected chi connectivity index (χ1v) is 7.94. The van der Waals surface area contributed by atoms with Gasteiger partial charge in [0.25, 0.3) is 0 Å². The molecule has 2 fully saturated rings. The zero-order valence-electron chi connectivity index (χ0n) is 11.1. The fraction of sp³-hybridized carbons (Fsp3) is 0.692. The summed E-state index contributed by atoms with van der Waals surface area (Å²) in [6, 6.07) is 0.940. The first-order valence-electron chi connectivity index (χ1n) is 6.89. The summed E-state index contributed by atoms with van der Waals surface area (Å²) in [4.78, 5) is 11.7. The third kappa shape index (κ3) is 3.65. The summed E-state index contributed by atoms with van der Waals surface area (Å²) in [7, 11) is 0. The van der Waals surface area contributed by atoms with E-state index in [1.54, 1.807) is 10.9 Å². The Morgan fingerprint density at radius 3 is 3.05 bits per heavy atom. The topological polar surface area (TPSA) is 59.0 Å². The van der Waals surface area contributed by atoms with Crippen molar-refractivity contribution in [1.82, 2.24) is 15.1 Å². The normalized spacial score (nSPS) is 26.4. The molecule has 5 nitrogen and oxygen atoms in total. The van der Waals surface area contributed by atoms with Crippen LogP contribution in [0.2, 0.25) is 0 Å². The number of aromatic nitrogens is 2. The van der Waals surface area contributed by atoms with Crippen LogP contribution in [0.5, 0.6) is 0 Å². The number of carbonyl (C=O) groups is 1. The van der Waals surface area contributed by atoms with E-state index in [4.69, 9.17) is 0 Å². The molecule has 2 aliphatic rings. The zero-order chi connectivity index (χ0) is 13.2. The predicted octanol–water partition coefficient (Wildman–Crippen LogP) is 1.47. The summed E-state index contributed by atoms with van der Waals surface area (Å²) in [6.07, 6.45) is 7.15. The molecule has 0 radical (unpaired) electrons. The van der Waals surface area contributed by atoms with Gasteiger partial charge in [-0.2, -0.15) is 16.9 Å². The first-order chi connectivity index (χ1) is 9.19. The third-order valence-corrected chi connectivity index (χ3v) is 4.81. The average Bonchev–Trinajstić information content (AvgIpc) is 2.90. The van der Waals surface area contributed by atoms with E-state index in [0.717, 1.165) is 29.5 Å². The maximum absolute atomic E-state index is 11.7. The number of nitrogens with zero attached hydrogens (tertiary/aromatic N) is 2. The monoisotopic (exact) mass is 280 g/mol. The minimum Gasteiger partial charge on any atom is -0.379 e. The van der Waals surface area contributed by atoms with E-state index in [9.17, 15) is 4.79 Å². The lowest BCUT2D eigenvalue weighted by Crippen LogP contribution is -2.29. The van der Waals surface area contributed by atoms with Crippen LogP contribution in [0.4, 0.5) is 5.69 Å². The molecule has 1 amide bonds. The Bertz CT molecular complexity index is 457. The van der Waals surface area contributed by atoms with Crippen LogP contribution < -0.4 is 10.6 Å². The molecule has 2 atom stereocenters. The Balaban J connectivity index is 1.49. The number of anilines is 1. The number of hydrogen-bond donors (Lipinski definition) is 2. The second-order valence-electron chi connectivity index (χ2n) is 5.49. The summed E-state index contributed by atoms with van der Waals surface area (Å²) in [5, 5.41) is 11.4. The molecule has 0 bridgehead atoms. The lowest BCUT2D eigenvalue weighted by Gasteiger charge is -2.10. The highest BCUT2D eigenvalue weighted by atomic mass is 32.2. The highest BCUT2D eigenvalue weighted by Gasteiger charge is 2.24. The maximum atomic E-state index is 11.7. The number of rotatable bonds is 5. The SMILES string of the molecule is CC1CC(Nc2cnn(CC(=O)NC3CC3)c2)CS1. The second kappa shape index (κ2) is 5.45. The van der Waals surface area contributed by atoms with Crippen molar-refractivity contribution < 1.29 is 4.79 Å². The lowest BCUT2D eigenvalue weighted by molar-refractivity contribution is -0.122. The van der Waals surface area contributed by atoms with Crippen molar-refractivity contribution in [2.45, 2.75) is 50.1 Å². The van der Waals surface area contributed by atoms with Gasteiger partial charge in [-0.3, -0.25) is 9.48 Å². The summed E-state index contributed by atoms with van der Waals surface area (Å²) >= 11 is 2.00. The van der Waals surface area contributed by atoms with E-state index in [1.807, 2.05) is 18.0 Å². The van der Waals surface area contributed by atoms with Gasteiger partial charge >= 0.3 is 0 Å². The molecule has 2 heterocycles. The summed E-state index contributed by atoms with van der Waals surface area (Å²) < 4.78 is 1.70. The molecule has 1 saturated carbocycles. The molecule has 1 saturated heterocycles. The maximum Gasteiger partial charge on any atom is 0.241 e. The van der Waals surface area contributed by atoms with Crippen LogP contribution in [0.1, 0.15) is 26.2 Å². The molecule has 0 spiro atoms. The van der Waals surface area contributed by atoms with Gasteiger partial charge in [-0.15, -0.1) is 0 Å². The smallest absolute Gasteiger partial charge is 0.241 e. The van der Waals surface area contributed by atoms with Gasteiger partial charge < -0.3 is 10.6 Å². The van der Waals surface area contributed by atoms with Crippen LogP contribution in [0.3, 0.4) is 0 Å². The van der Waals surface area contributed by atoms with Crippen molar-refractivity contribution in [2.24, 2.45) is 0 Å². The van der Waals surface area contributed by atoms with Crippen LogP contribution >= 0.6 is 11.8 Å². The average molecular weight is 280 g/mol. The number of hydrogen-bond acceptors (Lipinski definition) is 4. The Morgan fingerprint density at radius 1 is 1.53 bits per heavy atom. The van der Waals surface area contributed by atoms with E-state index in [2.05, 4.69) is 22.7 Å². The quantitative estimate of drug-likeness (QED) is 0.857. The van der Waals surface area contributed by atoms with Gasteiger partial charge in [0.05, 0.1) is 11.9 Å². The van der Waals surface area contributed by atoms with Crippen molar-refractivity contribution in [3.63, 3.8) is 0 Å². The van der Waals surface area contributed by atoms with Gasteiger partial charge in [-0.05, 0) is 19.3 Å². The lowest BCUT2D eigenvalue weighted by atomic mass is 10.2. The molecular weight excluding hydrogens is 260 g/mol. The number of amides is 1. The van der Waals surface area contributed by atoms with Crippen molar-refractivity contribution >= 4 is 23.4 Å². The fourth-order valence-corrected chi connectivity index (χ4v) is 3.47. The van der Waals surface area contributed by atoms with Crippen LogP contribution in [0.15, 0.2) is 12.4 Å². The summed E-state index contributed by atoms with van der Waals surface area (Å²) in [5.74, 6) is 1.20. The van der Waals surface area contributed by atoms with Crippen molar-refractivity contribution in [3.05, 3.63) is 12.4 Å². The molecule has 0 aromatic carbocycles. The molecule has 2 unspecified atom stereocenters. The minimum atomic E-state index is 0.0576. The molecular formula is C13H20N4OS. The Hall–Kier alpha value is -1.17. The van der Waals surface area contributed by atoms with Crippen LogP contribution in [0, 0.1) is 0 Å². The zero-order valence-corrected chi connectivity index (χ0v) is 11.9. The molecule has 104 valence electrons. The largest absolute Gasteiger partial charge is 0.379 e. The van der Waals surface area contributed by atoms with Gasteiger partial charge in [0.2, 0.25) is 5.91 Å². The minimum absolute atomic E-state index is 0.0576. The van der Waals surface area contributed by atoms with E-state index >= 15 is 0 Å². The molecule has 1 aliphatic carbocycles. The standard InChI is InChI=1S/C13H20N4OS/c1-9-4-11(8-19-9)15-12-5-14-17(6-12)7-13(18)16-10-2-3-10/h5-6,9-11,15H,2-4,7-8H2,1H3,(H,16,18). The van der Waals surface area contributed by atoms with Crippen molar-refractivity contribution in [1.29, 1.82) is 0 Å². The highest BCUT2D eigenvalue weighted by Crippen LogP contribution is 2.28. The van der Waals surface area contributed by atoms with Gasteiger partial charge in [-0.1, -0.05) is 6.92 Å². The van der Waals surface area contributed by atoms with Crippen LogP contribution in [0.25, 0.3) is 0 Å². The molecule has 19 heavy (non-hydrogen) atoms.